The summed E-state index contributed by atoms with van der Waals surface area (Å²) >= 11 is 3.37. The zero-order valence-corrected chi connectivity index (χ0v) is 11.1. The van der Waals surface area contributed by atoms with Crippen molar-refractivity contribution in [3.8, 4) is 5.75 Å². The number of nitrogens with two attached hydrogens (primary N) is 1. The highest BCUT2D eigenvalue weighted by Gasteiger charge is 2.02. The van der Waals surface area contributed by atoms with Crippen molar-refractivity contribution >= 4 is 21.6 Å². The molecule has 0 radical (unpaired) electrons. The van der Waals surface area contributed by atoms with E-state index in [1.165, 1.54) is 0 Å². The molecule has 1 heterocycles. The van der Waals surface area contributed by atoms with Gasteiger partial charge in [0.2, 0.25) is 0 Å². The molecular formula is C13H13BrN2O. The minimum absolute atomic E-state index is 0.458. The van der Waals surface area contributed by atoms with Gasteiger partial charge in [0.05, 0.1) is 5.69 Å². The number of rotatable bonds is 3. The molecule has 3 nitrogen and oxygen atoms in total. The van der Waals surface area contributed by atoms with Crippen molar-refractivity contribution in [3.63, 3.8) is 0 Å². The Morgan fingerprint density at radius 3 is 2.88 bits per heavy atom. The fourth-order valence-corrected chi connectivity index (χ4v) is 1.87. The van der Waals surface area contributed by atoms with Gasteiger partial charge in [0.25, 0.3) is 0 Å². The van der Waals surface area contributed by atoms with Crippen LogP contribution in [0.25, 0.3) is 0 Å². The summed E-state index contributed by atoms with van der Waals surface area (Å²) in [6.07, 6.45) is 3.52. The molecule has 1 aromatic carbocycles. The lowest BCUT2D eigenvalue weighted by Crippen LogP contribution is -1.99. The second-order valence-corrected chi connectivity index (χ2v) is 4.76. The maximum Gasteiger partial charge on any atom is 0.142 e. The predicted octanol–water partition coefficient (Wildman–Crippen LogP) is 3.31. The van der Waals surface area contributed by atoms with Gasteiger partial charge < -0.3 is 10.5 Å². The van der Waals surface area contributed by atoms with Crippen molar-refractivity contribution in [2.45, 2.75) is 13.5 Å². The highest BCUT2D eigenvalue weighted by molar-refractivity contribution is 9.10. The molecule has 88 valence electrons. The lowest BCUT2D eigenvalue weighted by molar-refractivity contribution is 0.307. The number of aryl methyl sites for hydroxylation is 1. The zero-order chi connectivity index (χ0) is 12.3. The molecule has 0 aliphatic carbocycles. The Morgan fingerprint density at radius 2 is 2.12 bits per heavy atom. The monoisotopic (exact) mass is 292 g/mol. The van der Waals surface area contributed by atoms with Crippen LogP contribution in [-0.4, -0.2) is 4.98 Å². The molecule has 2 aromatic rings. The second-order valence-electron chi connectivity index (χ2n) is 3.84. The van der Waals surface area contributed by atoms with E-state index >= 15 is 0 Å². The smallest absolute Gasteiger partial charge is 0.142 e. The van der Waals surface area contributed by atoms with Crippen molar-refractivity contribution in [1.29, 1.82) is 0 Å². The summed E-state index contributed by atoms with van der Waals surface area (Å²) in [5.41, 5.74) is 8.61. The van der Waals surface area contributed by atoms with Gasteiger partial charge in [-0.1, -0.05) is 6.07 Å². The molecule has 0 unspecified atom stereocenters. The third kappa shape index (κ3) is 3.20. The van der Waals surface area contributed by atoms with Crippen LogP contribution in [0.15, 0.2) is 41.1 Å². The van der Waals surface area contributed by atoms with Gasteiger partial charge >= 0.3 is 0 Å². The molecule has 0 bridgehead atoms. The van der Waals surface area contributed by atoms with Crippen molar-refractivity contribution in [3.05, 3.63) is 52.3 Å². The number of nitrogens with zero attached hydrogens (tertiary/aromatic N) is 1. The maximum atomic E-state index is 5.83. The van der Waals surface area contributed by atoms with E-state index < -0.39 is 0 Å². The van der Waals surface area contributed by atoms with E-state index in [4.69, 9.17) is 10.5 Å². The van der Waals surface area contributed by atoms with Gasteiger partial charge in [-0.25, -0.2) is 0 Å². The molecule has 17 heavy (non-hydrogen) atoms. The van der Waals surface area contributed by atoms with Crippen molar-refractivity contribution in [2.75, 3.05) is 5.73 Å². The quantitative estimate of drug-likeness (QED) is 0.883. The van der Waals surface area contributed by atoms with E-state index in [-0.39, 0.29) is 0 Å². The number of hydrogen-bond acceptors (Lipinski definition) is 3. The van der Waals surface area contributed by atoms with Crippen LogP contribution in [0, 0.1) is 6.92 Å². The molecule has 0 aliphatic heterocycles. The highest BCUT2D eigenvalue weighted by Crippen LogP contribution is 2.23. The van der Waals surface area contributed by atoms with E-state index in [0.717, 1.165) is 15.6 Å². The van der Waals surface area contributed by atoms with Crippen molar-refractivity contribution < 1.29 is 4.74 Å². The first-order valence-electron chi connectivity index (χ1n) is 5.23. The summed E-state index contributed by atoms with van der Waals surface area (Å²) in [6, 6.07) is 7.71. The topological polar surface area (TPSA) is 48.1 Å². The highest BCUT2D eigenvalue weighted by atomic mass is 79.9. The largest absolute Gasteiger partial charge is 0.487 e. The van der Waals surface area contributed by atoms with Gasteiger partial charge in [-0.15, -0.1) is 0 Å². The second kappa shape index (κ2) is 5.19. The summed E-state index contributed by atoms with van der Waals surface area (Å²) in [4.78, 5) is 4.08. The van der Waals surface area contributed by atoms with Crippen LogP contribution in [0.1, 0.15) is 11.1 Å². The Kier molecular flexibility index (Phi) is 3.64. The summed E-state index contributed by atoms with van der Waals surface area (Å²) in [5, 5.41) is 0. The van der Waals surface area contributed by atoms with Gasteiger partial charge in [-0.2, -0.15) is 0 Å². The number of benzene rings is 1. The first kappa shape index (κ1) is 11.9. The Labute approximate surface area is 109 Å². The van der Waals surface area contributed by atoms with Crippen LogP contribution >= 0.6 is 15.9 Å². The van der Waals surface area contributed by atoms with E-state index in [1.807, 2.05) is 31.2 Å². The molecule has 1 aromatic heterocycles. The van der Waals surface area contributed by atoms with Crippen LogP contribution in [0.4, 0.5) is 5.69 Å². The molecular weight excluding hydrogens is 280 g/mol. The lowest BCUT2D eigenvalue weighted by Gasteiger charge is -2.09. The molecule has 0 fully saturated rings. The molecule has 0 spiro atoms. The van der Waals surface area contributed by atoms with E-state index in [1.54, 1.807) is 12.4 Å². The number of hydrogen-bond donors (Lipinski definition) is 1. The predicted molar refractivity (Wildman–Crippen MR) is 71.9 cm³/mol. The van der Waals surface area contributed by atoms with E-state index in [9.17, 15) is 0 Å². The number of aromatic nitrogens is 1. The number of anilines is 1. The number of halogens is 1. The first-order chi connectivity index (χ1) is 8.15. The molecule has 0 atom stereocenters. The molecule has 0 saturated carbocycles. The molecule has 2 N–H and O–H groups in total. The Hall–Kier alpha value is -1.55. The fraction of sp³-hybridized carbons (Fsp3) is 0.154. The van der Waals surface area contributed by atoms with E-state index in [0.29, 0.717) is 18.0 Å². The van der Waals surface area contributed by atoms with Gasteiger partial charge in [0.1, 0.15) is 12.4 Å². The third-order valence-corrected chi connectivity index (χ3v) is 2.76. The molecule has 4 heteroatoms. The number of nitrogen functional groups attached to an aromatic ring is 1. The SMILES string of the molecule is Cc1ccc(N)c(OCc2cncc(Br)c2)c1. The van der Waals surface area contributed by atoms with Crippen LogP contribution < -0.4 is 10.5 Å². The minimum atomic E-state index is 0.458. The van der Waals surface area contributed by atoms with Gasteiger partial charge in [0, 0.05) is 22.4 Å². The maximum absolute atomic E-state index is 5.83. The van der Waals surface area contributed by atoms with Gasteiger partial charge in [-0.3, -0.25) is 4.98 Å². The summed E-state index contributed by atoms with van der Waals surface area (Å²) in [5.74, 6) is 0.713. The van der Waals surface area contributed by atoms with Crippen LogP contribution in [0.5, 0.6) is 5.75 Å². The molecule has 0 amide bonds. The average Bonchev–Trinajstić information content (AvgIpc) is 2.30. The van der Waals surface area contributed by atoms with Crippen LogP contribution in [0.3, 0.4) is 0 Å². The van der Waals surface area contributed by atoms with Gasteiger partial charge in [0.15, 0.2) is 0 Å². The summed E-state index contributed by atoms with van der Waals surface area (Å²) in [6.45, 7) is 2.47. The zero-order valence-electron chi connectivity index (χ0n) is 9.48. The minimum Gasteiger partial charge on any atom is -0.487 e. The number of ether oxygens (including phenoxy) is 1. The van der Waals surface area contributed by atoms with Crippen LogP contribution in [0.2, 0.25) is 0 Å². The first-order valence-corrected chi connectivity index (χ1v) is 6.03. The Balaban J connectivity index is 2.09. The molecule has 0 saturated heterocycles. The fourth-order valence-electron chi connectivity index (χ4n) is 1.46. The normalized spacial score (nSPS) is 10.2. The Bertz CT molecular complexity index is 529. The summed E-state index contributed by atoms with van der Waals surface area (Å²) in [7, 11) is 0. The van der Waals surface area contributed by atoms with Gasteiger partial charge in [-0.05, 0) is 46.6 Å². The number of pyridine rings is 1. The van der Waals surface area contributed by atoms with Crippen molar-refractivity contribution in [1.82, 2.24) is 4.98 Å². The lowest BCUT2D eigenvalue weighted by atomic mass is 10.2. The Morgan fingerprint density at radius 1 is 1.29 bits per heavy atom. The summed E-state index contributed by atoms with van der Waals surface area (Å²) < 4.78 is 6.61. The third-order valence-electron chi connectivity index (χ3n) is 2.32. The standard InChI is InChI=1S/C13H13BrN2O/c1-9-2-3-12(15)13(4-9)17-8-10-5-11(14)7-16-6-10/h2-7H,8,15H2,1H3. The van der Waals surface area contributed by atoms with E-state index in [2.05, 4.69) is 20.9 Å². The molecule has 2 rings (SSSR count). The molecule has 0 aliphatic rings. The van der Waals surface area contributed by atoms with Crippen molar-refractivity contribution in [2.24, 2.45) is 0 Å². The van der Waals surface area contributed by atoms with Crippen LogP contribution in [-0.2, 0) is 6.61 Å². The average molecular weight is 293 g/mol.